The Morgan fingerprint density at radius 1 is 1.53 bits per heavy atom. The average Bonchev–Trinajstić information content (AvgIpc) is 2.25. The third-order valence-electron chi connectivity index (χ3n) is 3.08. The van der Waals surface area contributed by atoms with Crippen molar-refractivity contribution in [2.75, 3.05) is 13.1 Å². The molecule has 2 heterocycles. The van der Waals surface area contributed by atoms with Gasteiger partial charge in [0.2, 0.25) is 0 Å². The van der Waals surface area contributed by atoms with E-state index < -0.39 is 5.60 Å². The van der Waals surface area contributed by atoms with E-state index in [4.69, 9.17) is 0 Å². The molecular formula is C13H18N2O2. The number of β-amino-alcohol motifs (C(OH)–C–C–N with tert-alkyl or cyclic N) is 1. The Balaban J connectivity index is 2.00. The molecule has 0 aliphatic carbocycles. The number of carbonyl (C=O) groups excluding carboxylic acids is 1. The van der Waals surface area contributed by atoms with Crippen molar-refractivity contribution in [3.05, 3.63) is 29.6 Å². The van der Waals surface area contributed by atoms with E-state index in [1.54, 1.807) is 11.0 Å². The van der Waals surface area contributed by atoms with Crippen LogP contribution >= 0.6 is 0 Å². The monoisotopic (exact) mass is 234 g/mol. The molecule has 0 radical (unpaired) electrons. The highest BCUT2D eigenvalue weighted by Gasteiger charge is 2.43. The molecule has 1 amide bonds. The van der Waals surface area contributed by atoms with Crippen molar-refractivity contribution in [2.24, 2.45) is 0 Å². The van der Waals surface area contributed by atoms with Crippen LogP contribution in [0.25, 0.3) is 0 Å². The minimum atomic E-state index is -0.672. The maximum absolute atomic E-state index is 12.0. The Labute approximate surface area is 101 Å². The van der Waals surface area contributed by atoms with Crippen LogP contribution in [-0.2, 0) is 0 Å². The van der Waals surface area contributed by atoms with Gasteiger partial charge in [0.15, 0.2) is 0 Å². The van der Waals surface area contributed by atoms with E-state index in [9.17, 15) is 9.90 Å². The summed E-state index contributed by atoms with van der Waals surface area (Å²) in [4.78, 5) is 17.9. The van der Waals surface area contributed by atoms with Gasteiger partial charge >= 0.3 is 0 Å². The number of carbonyl (C=O) groups is 1. The first kappa shape index (κ1) is 12.0. The van der Waals surface area contributed by atoms with Crippen LogP contribution in [0.1, 0.15) is 35.9 Å². The fourth-order valence-electron chi connectivity index (χ4n) is 2.26. The van der Waals surface area contributed by atoms with Crippen LogP contribution in [0.15, 0.2) is 18.2 Å². The highest BCUT2D eigenvalue weighted by molar-refractivity contribution is 5.93. The molecule has 4 heteroatoms. The fourth-order valence-corrected chi connectivity index (χ4v) is 2.26. The molecule has 4 nitrogen and oxygen atoms in total. The van der Waals surface area contributed by atoms with E-state index in [0.29, 0.717) is 18.8 Å². The molecule has 1 aromatic heterocycles. The predicted molar refractivity (Wildman–Crippen MR) is 64.7 cm³/mol. The topological polar surface area (TPSA) is 53.4 Å². The van der Waals surface area contributed by atoms with Gasteiger partial charge < -0.3 is 10.0 Å². The normalized spacial score (nSPS) is 17.7. The Morgan fingerprint density at radius 3 is 2.82 bits per heavy atom. The number of aliphatic hydroxyl groups is 1. The summed E-state index contributed by atoms with van der Waals surface area (Å²) < 4.78 is 0. The van der Waals surface area contributed by atoms with Gasteiger partial charge in [-0.3, -0.25) is 4.79 Å². The smallest absolute Gasteiger partial charge is 0.272 e. The van der Waals surface area contributed by atoms with Gasteiger partial charge in [0.25, 0.3) is 5.91 Å². The molecule has 1 N–H and O–H groups in total. The second kappa shape index (κ2) is 4.45. The molecular weight excluding hydrogens is 216 g/mol. The lowest BCUT2D eigenvalue weighted by atomic mass is 9.89. The van der Waals surface area contributed by atoms with Crippen LogP contribution in [-0.4, -0.2) is 39.6 Å². The number of amides is 1. The van der Waals surface area contributed by atoms with Crippen molar-refractivity contribution in [1.82, 2.24) is 9.88 Å². The molecule has 0 bridgehead atoms. The number of aryl methyl sites for hydroxylation is 1. The third-order valence-corrected chi connectivity index (χ3v) is 3.08. The van der Waals surface area contributed by atoms with E-state index in [0.717, 1.165) is 18.5 Å². The van der Waals surface area contributed by atoms with Crippen LogP contribution < -0.4 is 0 Å². The molecule has 0 aromatic carbocycles. The fraction of sp³-hybridized carbons (Fsp3) is 0.538. The Hall–Kier alpha value is -1.42. The summed E-state index contributed by atoms with van der Waals surface area (Å²) in [6.07, 6.45) is 1.68. The molecule has 17 heavy (non-hydrogen) atoms. The molecule has 1 aliphatic rings. The molecule has 0 saturated carbocycles. The number of hydrogen-bond acceptors (Lipinski definition) is 3. The van der Waals surface area contributed by atoms with Gasteiger partial charge in [-0.1, -0.05) is 19.4 Å². The predicted octanol–water partition coefficient (Wildman–Crippen LogP) is 1.38. The van der Waals surface area contributed by atoms with Gasteiger partial charge in [0.05, 0.1) is 18.7 Å². The van der Waals surface area contributed by atoms with E-state index >= 15 is 0 Å². The van der Waals surface area contributed by atoms with Crippen molar-refractivity contribution >= 4 is 5.91 Å². The quantitative estimate of drug-likeness (QED) is 0.859. The molecule has 1 aromatic rings. The Bertz CT molecular complexity index is 425. The van der Waals surface area contributed by atoms with Crippen LogP contribution in [0, 0.1) is 6.92 Å². The molecule has 1 saturated heterocycles. The lowest BCUT2D eigenvalue weighted by Gasteiger charge is -2.46. The van der Waals surface area contributed by atoms with Gasteiger partial charge in [0.1, 0.15) is 5.69 Å². The number of hydrogen-bond donors (Lipinski definition) is 1. The van der Waals surface area contributed by atoms with Crippen molar-refractivity contribution < 1.29 is 9.90 Å². The summed E-state index contributed by atoms with van der Waals surface area (Å²) in [5.74, 6) is -0.0884. The van der Waals surface area contributed by atoms with E-state index in [2.05, 4.69) is 4.98 Å². The summed E-state index contributed by atoms with van der Waals surface area (Å²) in [7, 11) is 0. The molecule has 0 spiro atoms. The van der Waals surface area contributed by atoms with E-state index in [1.807, 2.05) is 26.0 Å². The zero-order valence-electron chi connectivity index (χ0n) is 10.3. The zero-order valence-corrected chi connectivity index (χ0v) is 10.3. The van der Waals surface area contributed by atoms with Crippen molar-refractivity contribution in [1.29, 1.82) is 0 Å². The van der Waals surface area contributed by atoms with Crippen molar-refractivity contribution in [2.45, 2.75) is 32.3 Å². The van der Waals surface area contributed by atoms with Crippen molar-refractivity contribution in [3.8, 4) is 0 Å². The number of pyridine rings is 1. The lowest BCUT2D eigenvalue weighted by Crippen LogP contribution is -2.63. The largest absolute Gasteiger partial charge is 0.386 e. The number of likely N-dealkylation sites (tertiary alicyclic amines) is 1. The van der Waals surface area contributed by atoms with Gasteiger partial charge in [-0.15, -0.1) is 0 Å². The van der Waals surface area contributed by atoms with E-state index in [-0.39, 0.29) is 5.91 Å². The second-order valence-corrected chi connectivity index (χ2v) is 4.80. The molecule has 0 atom stereocenters. The number of nitrogens with zero attached hydrogens (tertiary/aromatic N) is 2. The number of rotatable bonds is 3. The highest BCUT2D eigenvalue weighted by atomic mass is 16.3. The summed E-state index contributed by atoms with van der Waals surface area (Å²) in [5.41, 5.74) is 0.623. The minimum absolute atomic E-state index is 0.0884. The number of aromatic nitrogens is 1. The summed E-state index contributed by atoms with van der Waals surface area (Å²) in [5, 5.41) is 10.0. The standard InChI is InChI=1S/C13H18N2O2/c1-3-7-13(17)8-15(9-13)12(16)11-6-4-5-10(2)14-11/h4-6,17H,3,7-9H2,1-2H3. The Kier molecular flexibility index (Phi) is 3.15. The summed E-state index contributed by atoms with van der Waals surface area (Å²) >= 11 is 0. The van der Waals surface area contributed by atoms with Gasteiger partial charge in [-0.05, 0) is 25.5 Å². The first-order chi connectivity index (χ1) is 8.04. The summed E-state index contributed by atoms with van der Waals surface area (Å²) in [6, 6.07) is 5.40. The maximum atomic E-state index is 12.0. The zero-order chi connectivity index (χ0) is 12.5. The second-order valence-electron chi connectivity index (χ2n) is 4.80. The summed E-state index contributed by atoms with van der Waals surface area (Å²) in [6.45, 7) is 4.75. The Morgan fingerprint density at radius 2 is 2.24 bits per heavy atom. The molecule has 0 unspecified atom stereocenters. The lowest BCUT2D eigenvalue weighted by molar-refractivity contribution is -0.0861. The van der Waals surface area contributed by atoms with Gasteiger partial charge in [-0.25, -0.2) is 4.98 Å². The van der Waals surface area contributed by atoms with Crippen LogP contribution in [0.4, 0.5) is 0 Å². The van der Waals surface area contributed by atoms with Gasteiger partial charge in [0, 0.05) is 5.69 Å². The van der Waals surface area contributed by atoms with Crippen LogP contribution in [0.3, 0.4) is 0 Å². The van der Waals surface area contributed by atoms with Crippen LogP contribution in [0.5, 0.6) is 0 Å². The molecule has 1 fully saturated rings. The van der Waals surface area contributed by atoms with Crippen LogP contribution in [0.2, 0.25) is 0 Å². The molecule has 92 valence electrons. The first-order valence-electron chi connectivity index (χ1n) is 5.99. The SMILES string of the molecule is CCCC1(O)CN(C(=O)c2cccc(C)n2)C1. The van der Waals surface area contributed by atoms with Gasteiger partial charge in [-0.2, -0.15) is 0 Å². The highest BCUT2D eigenvalue weighted by Crippen LogP contribution is 2.26. The first-order valence-corrected chi connectivity index (χ1v) is 5.99. The minimum Gasteiger partial charge on any atom is -0.386 e. The van der Waals surface area contributed by atoms with Crippen molar-refractivity contribution in [3.63, 3.8) is 0 Å². The maximum Gasteiger partial charge on any atom is 0.272 e. The van der Waals surface area contributed by atoms with E-state index in [1.165, 1.54) is 0 Å². The average molecular weight is 234 g/mol. The molecule has 1 aliphatic heterocycles. The molecule has 2 rings (SSSR count). The third kappa shape index (κ3) is 2.47.